The normalized spacial score (nSPS) is 20.2. The van der Waals surface area contributed by atoms with Gasteiger partial charge in [0.05, 0.1) is 24.9 Å². The van der Waals surface area contributed by atoms with Crippen LogP contribution in [0.25, 0.3) is 5.69 Å². The zero-order valence-electron chi connectivity index (χ0n) is 19.3. The van der Waals surface area contributed by atoms with Gasteiger partial charge in [-0.2, -0.15) is 0 Å². The quantitative estimate of drug-likeness (QED) is 0.410. The first kappa shape index (κ1) is 21.8. The summed E-state index contributed by atoms with van der Waals surface area (Å²) in [5.41, 5.74) is 5.50. The monoisotopic (exact) mass is 481 g/mol. The molecule has 6 nitrogen and oxygen atoms in total. The van der Waals surface area contributed by atoms with Crippen molar-refractivity contribution in [2.24, 2.45) is 0 Å². The third-order valence-corrected chi connectivity index (χ3v) is 7.03. The summed E-state index contributed by atoms with van der Waals surface area (Å²) >= 11 is 5.92. The van der Waals surface area contributed by atoms with E-state index in [9.17, 15) is 0 Å². The van der Waals surface area contributed by atoms with E-state index in [4.69, 9.17) is 17.0 Å². The van der Waals surface area contributed by atoms with E-state index in [0.29, 0.717) is 5.11 Å². The largest absolute Gasteiger partial charge is 0.378 e. The average Bonchev–Trinajstić information content (AvgIpc) is 3.55. The van der Waals surface area contributed by atoms with Gasteiger partial charge in [0.25, 0.3) is 0 Å². The van der Waals surface area contributed by atoms with Crippen molar-refractivity contribution >= 4 is 28.7 Å². The van der Waals surface area contributed by atoms with E-state index in [1.54, 1.807) is 0 Å². The van der Waals surface area contributed by atoms with Crippen LogP contribution in [0.2, 0.25) is 0 Å². The fourth-order valence-corrected chi connectivity index (χ4v) is 5.38. The summed E-state index contributed by atoms with van der Waals surface area (Å²) in [6.07, 6.45) is 3.95. The fourth-order valence-electron chi connectivity index (χ4n) is 5.04. The maximum atomic E-state index is 5.92. The Morgan fingerprint density at radius 3 is 2.29 bits per heavy atom. The molecule has 0 radical (unpaired) electrons. The van der Waals surface area contributed by atoms with Crippen LogP contribution in [0.3, 0.4) is 0 Å². The Kier molecular flexibility index (Phi) is 5.94. The first-order valence-electron chi connectivity index (χ1n) is 12.0. The van der Waals surface area contributed by atoms with E-state index in [1.165, 1.54) is 5.69 Å². The van der Waals surface area contributed by atoms with Crippen LogP contribution in [0, 0.1) is 0 Å². The highest BCUT2D eigenvalue weighted by atomic mass is 32.1. The second-order valence-corrected chi connectivity index (χ2v) is 9.14. The summed E-state index contributed by atoms with van der Waals surface area (Å²) in [6.45, 7) is 3.37. The van der Waals surface area contributed by atoms with Crippen molar-refractivity contribution in [3.63, 3.8) is 0 Å². The standard InChI is InChI=1S/C28H27N5OS/c35-28-30-26(24-9-4-5-15-29-24)27(25-10-6-16-32(25)22-7-2-1-3-8-22)33(28)23-13-11-21(12-14-23)31-17-19-34-20-18-31/h1-16,26-27H,17-20H2,(H,30,35)/t26-,27-/m0/s1. The highest BCUT2D eigenvalue weighted by molar-refractivity contribution is 7.80. The average molecular weight is 482 g/mol. The molecule has 0 aliphatic carbocycles. The van der Waals surface area contributed by atoms with E-state index in [0.717, 1.165) is 49.1 Å². The maximum absolute atomic E-state index is 5.92. The molecule has 0 bridgehead atoms. The van der Waals surface area contributed by atoms with E-state index in [2.05, 4.69) is 97.6 Å². The molecule has 4 heterocycles. The number of rotatable bonds is 5. The van der Waals surface area contributed by atoms with Gasteiger partial charge in [0.2, 0.25) is 0 Å². The molecular formula is C28H27N5OS. The van der Waals surface area contributed by atoms with Crippen LogP contribution in [0.1, 0.15) is 23.5 Å². The minimum atomic E-state index is -0.0833. The van der Waals surface area contributed by atoms with E-state index in [1.807, 2.05) is 24.4 Å². The summed E-state index contributed by atoms with van der Waals surface area (Å²) in [5, 5.41) is 4.27. The molecule has 6 rings (SSSR count). The predicted octanol–water partition coefficient (Wildman–Crippen LogP) is 4.89. The van der Waals surface area contributed by atoms with Crippen LogP contribution in [0.5, 0.6) is 0 Å². The molecule has 2 atom stereocenters. The van der Waals surface area contributed by atoms with Crippen LogP contribution in [-0.4, -0.2) is 41.0 Å². The Balaban J connectivity index is 1.41. The Morgan fingerprint density at radius 2 is 1.54 bits per heavy atom. The summed E-state index contributed by atoms with van der Waals surface area (Å²) in [5.74, 6) is 0. The third-order valence-electron chi connectivity index (χ3n) is 6.72. The van der Waals surface area contributed by atoms with Crippen LogP contribution in [-0.2, 0) is 4.74 Å². The number of nitrogens with zero attached hydrogens (tertiary/aromatic N) is 4. The van der Waals surface area contributed by atoms with Crippen molar-refractivity contribution in [2.45, 2.75) is 12.1 Å². The highest BCUT2D eigenvalue weighted by Crippen LogP contribution is 2.42. The molecule has 176 valence electrons. The number of para-hydroxylation sites is 1. The van der Waals surface area contributed by atoms with Crippen molar-refractivity contribution in [1.29, 1.82) is 0 Å². The molecule has 2 aliphatic rings. The van der Waals surface area contributed by atoms with Gasteiger partial charge >= 0.3 is 0 Å². The van der Waals surface area contributed by atoms with Gasteiger partial charge in [0, 0.05) is 48.2 Å². The first-order chi connectivity index (χ1) is 17.3. The van der Waals surface area contributed by atoms with Gasteiger partial charge in [-0.3, -0.25) is 4.98 Å². The second kappa shape index (κ2) is 9.52. The summed E-state index contributed by atoms with van der Waals surface area (Å²) < 4.78 is 7.76. The van der Waals surface area contributed by atoms with Crippen LogP contribution < -0.4 is 15.1 Å². The summed E-state index contributed by atoms with van der Waals surface area (Å²) in [7, 11) is 0. The van der Waals surface area contributed by atoms with Crippen molar-refractivity contribution in [1.82, 2.24) is 14.9 Å². The predicted molar refractivity (Wildman–Crippen MR) is 143 cm³/mol. The van der Waals surface area contributed by atoms with Gasteiger partial charge in [0.15, 0.2) is 5.11 Å². The fraction of sp³-hybridized carbons (Fsp3) is 0.214. The van der Waals surface area contributed by atoms with Crippen molar-refractivity contribution in [2.75, 3.05) is 36.1 Å². The minimum Gasteiger partial charge on any atom is -0.378 e. The molecule has 0 saturated carbocycles. The number of morpholine rings is 1. The van der Waals surface area contributed by atoms with Gasteiger partial charge in [0.1, 0.15) is 6.04 Å². The SMILES string of the molecule is S=C1N[C@@H](c2ccccn2)[C@H](c2cccn2-c2ccccc2)N1c1ccc(N2CCOCC2)cc1. The van der Waals surface area contributed by atoms with E-state index < -0.39 is 0 Å². The molecule has 2 aromatic heterocycles. The molecule has 4 aromatic rings. The Hall–Kier alpha value is -3.68. The number of aromatic nitrogens is 2. The molecule has 2 aliphatic heterocycles. The lowest BCUT2D eigenvalue weighted by Crippen LogP contribution is -2.36. The van der Waals surface area contributed by atoms with E-state index in [-0.39, 0.29) is 12.1 Å². The van der Waals surface area contributed by atoms with Crippen LogP contribution >= 0.6 is 12.2 Å². The molecular weight excluding hydrogens is 454 g/mol. The van der Waals surface area contributed by atoms with Crippen molar-refractivity contribution < 1.29 is 4.74 Å². The Morgan fingerprint density at radius 1 is 0.800 bits per heavy atom. The lowest BCUT2D eigenvalue weighted by molar-refractivity contribution is 0.122. The molecule has 0 unspecified atom stereocenters. The summed E-state index contributed by atoms with van der Waals surface area (Å²) in [6, 6.07) is 29.3. The summed E-state index contributed by atoms with van der Waals surface area (Å²) in [4.78, 5) is 9.28. The number of hydrogen-bond donors (Lipinski definition) is 1. The number of anilines is 2. The lowest BCUT2D eigenvalue weighted by atomic mass is 10.0. The smallest absolute Gasteiger partial charge is 0.174 e. The van der Waals surface area contributed by atoms with Gasteiger partial charge < -0.3 is 24.4 Å². The number of thiocarbonyl (C=S) groups is 1. The third kappa shape index (κ3) is 4.17. The maximum Gasteiger partial charge on any atom is 0.174 e. The molecule has 7 heteroatoms. The molecule has 2 aromatic carbocycles. The van der Waals surface area contributed by atoms with Gasteiger partial charge in [-0.1, -0.05) is 24.3 Å². The number of hydrogen-bond acceptors (Lipinski definition) is 4. The number of nitrogens with one attached hydrogen (secondary N) is 1. The van der Waals surface area contributed by atoms with Gasteiger partial charge in [-0.25, -0.2) is 0 Å². The number of ether oxygens (including phenoxy) is 1. The van der Waals surface area contributed by atoms with Crippen molar-refractivity contribution in [3.05, 3.63) is 109 Å². The van der Waals surface area contributed by atoms with E-state index >= 15 is 0 Å². The molecule has 0 amide bonds. The molecule has 1 N–H and O–H groups in total. The molecule has 2 fully saturated rings. The minimum absolute atomic E-state index is 0.0677. The Bertz CT molecular complexity index is 1290. The number of benzene rings is 2. The van der Waals surface area contributed by atoms with Crippen LogP contribution in [0.15, 0.2) is 97.3 Å². The highest BCUT2D eigenvalue weighted by Gasteiger charge is 2.42. The molecule has 2 saturated heterocycles. The van der Waals surface area contributed by atoms with Crippen molar-refractivity contribution in [3.8, 4) is 5.69 Å². The van der Waals surface area contributed by atoms with Crippen LogP contribution in [0.4, 0.5) is 11.4 Å². The Labute approximate surface area is 210 Å². The zero-order chi connectivity index (χ0) is 23.6. The molecule has 0 spiro atoms. The lowest BCUT2D eigenvalue weighted by Gasteiger charge is -2.31. The van der Waals surface area contributed by atoms with Gasteiger partial charge in [-0.15, -0.1) is 0 Å². The molecule has 35 heavy (non-hydrogen) atoms. The zero-order valence-corrected chi connectivity index (χ0v) is 20.1. The number of pyridine rings is 1. The van der Waals surface area contributed by atoms with Gasteiger partial charge in [-0.05, 0) is 72.9 Å². The first-order valence-corrected chi connectivity index (χ1v) is 12.4. The second-order valence-electron chi connectivity index (χ2n) is 8.75. The topological polar surface area (TPSA) is 45.6 Å².